The van der Waals surface area contributed by atoms with Crippen LogP contribution < -0.4 is 0 Å². The molecule has 0 bridgehead atoms. The van der Waals surface area contributed by atoms with Crippen LogP contribution in [0.1, 0.15) is 51.5 Å². The SMILES string of the molecule is CCCCCCC(C)OCc1ccc(Br)cc1. The molecule has 0 aliphatic rings. The van der Waals surface area contributed by atoms with Crippen molar-refractivity contribution in [2.45, 2.75) is 58.7 Å². The Morgan fingerprint density at radius 1 is 1.12 bits per heavy atom. The quantitative estimate of drug-likeness (QED) is 0.590. The highest BCUT2D eigenvalue weighted by molar-refractivity contribution is 9.10. The predicted molar refractivity (Wildman–Crippen MR) is 77.2 cm³/mol. The Morgan fingerprint density at radius 3 is 2.47 bits per heavy atom. The van der Waals surface area contributed by atoms with E-state index in [1.165, 1.54) is 37.7 Å². The van der Waals surface area contributed by atoms with Gasteiger partial charge in [-0.3, -0.25) is 0 Å². The lowest BCUT2D eigenvalue weighted by Gasteiger charge is -2.13. The van der Waals surface area contributed by atoms with Crippen molar-refractivity contribution >= 4 is 15.9 Å². The van der Waals surface area contributed by atoms with Crippen LogP contribution in [0.2, 0.25) is 0 Å². The molecule has 0 aromatic heterocycles. The Labute approximate surface area is 114 Å². The van der Waals surface area contributed by atoms with E-state index in [4.69, 9.17) is 4.74 Å². The molecule has 1 atom stereocenters. The Kier molecular flexibility index (Phi) is 7.54. The summed E-state index contributed by atoms with van der Waals surface area (Å²) in [4.78, 5) is 0. The highest BCUT2D eigenvalue weighted by atomic mass is 79.9. The molecule has 2 heteroatoms. The average Bonchev–Trinajstić information content (AvgIpc) is 2.34. The van der Waals surface area contributed by atoms with Crippen LogP contribution in [0.5, 0.6) is 0 Å². The first-order valence-corrected chi connectivity index (χ1v) is 7.37. The fourth-order valence-electron chi connectivity index (χ4n) is 1.76. The van der Waals surface area contributed by atoms with Crippen molar-refractivity contribution in [1.82, 2.24) is 0 Å². The standard InChI is InChI=1S/C15H23BrO/c1-3-4-5-6-7-13(2)17-12-14-8-10-15(16)11-9-14/h8-11,13H,3-7,12H2,1-2H3. The van der Waals surface area contributed by atoms with Crippen molar-refractivity contribution in [3.8, 4) is 0 Å². The second kappa shape index (κ2) is 8.71. The monoisotopic (exact) mass is 298 g/mol. The third-order valence-electron chi connectivity index (χ3n) is 2.91. The van der Waals surface area contributed by atoms with Crippen LogP contribution >= 0.6 is 15.9 Å². The molecule has 0 fully saturated rings. The van der Waals surface area contributed by atoms with Crippen LogP contribution in [0.15, 0.2) is 28.7 Å². The molecule has 0 saturated heterocycles. The summed E-state index contributed by atoms with van der Waals surface area (Å²) in [5.74, 6) is 0. The number of hydrogen-bond donors (Lipinski definition) is 0. The maximum atomic E-state index is 5.83. The molecule has 0 radical (unpaired) electrons. The molecule has 1 aromatic rings. The Bertz CT molecular complexity index is 294. The number of ether oxygens (including phenoxy) is 1. The first kappa shape index (κ1) is 14.7. The summed E-state index contributed by atoms with van der Waals surface area (Å²) in [7, 11) is 0. The minimum Gasteiger partial charge on any atom is -0.374 e. The fraction of sp³-hybridized carbons (Fsp3) is 0.600. The van der Waals surface area contributed by atoms with E-state index in [2.05, 4.69) is 54.0 Å². The van der Waals surface area contributed by atoms with E-state index in [-0.39, 0.29) is 0 Å². The summed E-state index contributed by atoms with van der Waals surface area (Å²) < 4.78 is 6.95. The van der Waals surface area contributed by atoms with Gasteiger partial charge in [0.25, 0.3) is 0 Å². The Hall–Kier alpha value is -0.340. The lowest BCUT2D eigenvalue weighted by atomic mass is 10.1. The van der Waals surface area contributed by atoms with Crippen molar-refractivity contribution in [1.29, 1.82) is 0 Å². The second-order valence-electron chi connectivity index (χ2n) is 4.60. The predicted octanol–water partition coefficient (Wildman–Crippen LogP) is 5.32. The molecule has 0 aliphatic heterocycles. The molecule has 1 nitrogen and oxygen atoms in total. The minimum atomic E-state index is 0.371. The van der Waals surface area contributed by atoms with Gasteiger partial charge in [0.1, 0.15) is 0 Å². The van der Waals surface area contributed by atoms with Crippen LogP contribution in [0.4, 0.5) is 0 Å². The number of rotatable bonds is 8. The summed E-state index contributed by atoms with van der Waals surface area (Å²) in [5.41, 5.74) is 1.24. The summed E-state index contributed by atoms with van der Waals surface area (Å²) in [6.45, 7) is 5.14. The van der Waals surface area contributed by atoms with E-state index in [1.54, 1.807) is 0 Å². The first-order valence-electron chi connectivity index (χ1n) is 6.58. The normalized spacial score (nSPS) is 12.6. The lowest BCUT2D eigenvalue weighted by molar-refractivity contribution is 0.0459. The van der Waals surface area contributed by atoms with Crippen molar-refractivity contribution in [2.75, 3.05) is 0 Å². The third kappa shape index (κ3) is 6.85. The Balaban J connectivity index is 2.14. The van der Waals surface area contributed by atoms with Gasteiger partial charge < -0.3 is 4.74 Å². The van der Waals surface area contributed by atoms with Crippen molar-refractivity contribution in [2.24, 2.45) is 0 Å². The van der Waals surface area contributed by atoms with Gasteiger partial charge in [-0.05, 0) is 31.0 Å². The van der Waals surface area contributed by atoms with Crippen molar-refractivity contribution in [3.05, 3.63) is 34.3 Å². The van der Waals surface area contributed by atoms with Crippen LogP contribution in [-0.2, 0) is 11.3 Å². The van der Waals surface area contributed by atoms with E-state index in [0.29, 0.717) is 6.10 Å². The maximum Gasteiger partial charge on any atom is 0.0720 e. The molecule has 1 aromatic carbocycles. The minimum absolute atomic E-state index is 0.371. The molecule has 1 unspecified atom stereocenters. The maximum absolute atomic E-state index is 5.83. The van der Waals surface area contributed by atoms with Gasteiger partial charge in [-0.15, -0.1) is 0 Å². The molecule has 1 rings (SSSR count). The fourth-order valence-corrected chi connectivity index (χ4v) is 2.03. The van der Waals surface area contributed by atoms with Gasteiger partial charge in [-0.25, -0.2) is 0 Å². The van der Waals surface area contributed by atoms with Crippen LogP contribution in [-0.4, -0.2) is 6.10 Å². The lowest BCUT2D eigenvalue weighted by Crippen LogP contribution is -2.07. The second-order valence-corrected chi connectivity index (χ2v) is 5.51. The van der Waals surface area contributed by atoms with Crippen molar-refractivity contribution in [3.63, 3.8) is 0 Å². The van der Waals surface area contributed by atoms with E-state index >= 15 is 0 Å². The third-order valence-corrected chi connectivity index (χ3v) is 3.44. The van der Waals surface area contributed by atoms with E-state index in [1.807, 2.05) is 0 Å². The first-order chi connectivity index (χ1) is 8.22. The Morgan fingerprint density at radius 2 is 1.82 bits per heavy atom. The highest BCUT2D eigenvalue weighted by Crippen LogP contribution is 2.13. The number of benzene rings is 1. The zero-order valence-corrected chi connectivity index (χ0v) is 12.5. The summed E-state index contributed by atoms with van der Waals surface area (Å²) in [6.07, 6.45) is 6.82. The van der Waals surface area contributed by atoms with Gasteiger partial charge in [0.2, 0.25) is 0 Å². The summed E-state index contributed by atoms with van der Waals surface area (Å²) in [6, 6.07) is 8.33. The van der Waals surface area contributed by atoms with Crippen molar-refractivity contribution < 1.29 is 4.74 Å². The van der Waals surface area contributed by atoms with Gasteiger partial charge in [-0.2, -0.15) is 0 Å². The molecule has 0 heterocycles. The van der Waals surface area contributed by atoms with E-state index in [9.17, 15) is 0 Å². The van der Waals surface area contributed by atoms with Gasteiger partial charge >= 0.3 is 0 Å². The van der Waals surface area contributed by atoms with Gasteiger partial charge in [0, 0.05) is 4.47 Å². The zero-order chi connectivity index (χ0) is 12.5. The number of halogens is 1. The molecule has 0 saturated carbocycles. The molecule has 0 spiro atoms. The van der Waals surface area contributed by atoms with Crippen LogP contribution in [0, 0.1) is 0 Å². The largest absolute Gasteiger partial charge is 0.374 e. The van der Waals surface area contributed by atoms with Gasteiger partial charge in [-0.1, -0.05) is 60.7 Å². The smallest absolute Gasteiger partial charge is 0.0720 e. The van der Waals surface area contributed by atoms with E-state index in [0.717, 1.165) is 11.1 Å². The van der Waals surface area contributed by atoms with Crippen LogP contribution in [0.25, 0.3) is 0 Å². The zero-order valence-electron chi connectivity index (χ0n) is 10.9. The average molecular weight is 299 g/mol. The van der Waals surface area contributed by atoms with Gasteiger partial charge in [0.05, 0.1) is 12.7 Å². The molecule has 0 aliphatic carbocycles. The molecule has 17 heavy (non-hydrogen) atoms. The van der Waals surface area contributed by atoms with Gasteiger partial charge in [0.15, 0.2) is 0 Å². The topological polar surface area (TPSA) is 9.23 Å². The summed E-state index contributed by atoms with van der Waals surface area (Å²) in [5, 5.41) is 0. The van der Waals surface area contributed by atoms with Crippen LogP contribution in [0.3, 0.4) is 0 Å². The number of unbranched alkanes of at least 4 members (excludes halogenated alkanes) is 3. The molecular weight excluding hydrogens is 276 g/mol. The molecule has 96 valence electrons. The molecule has 0 N–H and O–H groups in total. The highest BCUT2D eigenvalue weighted by Gasteiger charge is 2.02. The molecule has 0 amide bonds. The summed E-state index contributed by atoms with van der Waals surface area (Å²) >= 11 is 3.43. The molecular formula is C15H23BrO. The van der Waals surface area contributed by atoms with E-state index < -0.39 is 0 Å². The number of hydrogen-bond acceptors (Lipinski definition) is 1.